The van der Waals surface area contributed by atoms with Crippen LogP contribution in [-0.4, -0.2) is 16.0 Å². The van der Waals surface area contributed by atoms with Crippen LogP contribution in [0.3, 0.4) is 0 Å². The van der Waals surface area contributed by atoms with Gasteiger partial charge in [0.15, 0.2) is 5.11 Å². The minimum atomic E-state index is -0.432. The molecular weight excluding hydrogens is 569 g/mol. The highest BCUT2D eigenvalue weighted by molar-refractivity contribution is 7.80. The largest absolute Gasteiger partial charge is 0.457 e. The number of fused-ring (bicyclic) bond motifs is 1. The predicted molar refractivity (Wildman–Crippen MR) is 158 cm³/mol. The Bertz CT molecular complexity index is 1630. The van der Waals surface area contributed by atoms with Crippen molar-refractivity contribution in [1.82, 2.24) is 10.3 Å². The molecule has 0 saturated heterocycles. The SMILES string of the molecule is O=C(C=Cc1ccc(-c2ccc(Cl)cc2)o1)NC(=S)Nc1cc(-c2nc3ccccc3s2)c(Cl)cc1Cl. The Morgan fingerprint density at radius 1 is 0.973 bits per heavy atom. The molecule has 184 valence electrons. The summed E-state index contributed by atoms with van der Waals surface area (Å²) < 4.78 is 6.82. The van der Waals surface area contributed by atoms with Gasteiger partial charge in [-0.3, -0.25) is 10.1 Å². The second-order valence-electron chi connectivity index (χ2n) is 7.78. The van der Waals surface area contributed by atoms with Gasteiger partial charge in [-0.25, -0.2) is 4.98 Å². The summed E-state index contributed by atoms with van der Waals surface area (Å²) in [5.41, 5.74) is 2.96. The van der Waals surface area contributed by atoms with Crippen molar-refractivity contribution < 1.29 is 9.21 Å². The number of nitrogens with zero attached hydrogens (tertiary/aromatic N) is 1. The third-order valence-corrected chi connectivity index (χ3v) is 7.37. The smallest absolute Gasteiger partial charge is 0.250 e. The van der Waals surface area contributed by atoms with Crippen LogP contribution >= 0.6 is 58.4 Å². The summed E-state index contributed by atoms with van der Waals surface area (Å²) in [6.07, 6.45) is 2.88. The Hall–Kier alpha value is -3.20. The summed E-state index contributed by atoms with van der Waals surface area (Å²) in [5.74, 6) is 0.744. The first-order valence-electron chi connectivity index (χ1n) is 10.9. The van der Waals surface area contributed by atoms with Gasteiger partial charge >= 0.3 is 0 Å². The number of aromatic nitrogens is 1. The number of hydrogen-bond donors (Lipinski definition) is 2. The van der Waals surface area contributed by atoms with E-state index in [0.29, 0.717) is 37.8 Å². The first-order chi connectivity index (χ1) is 17.9. The van der Waals surface area contributed by atoms with E-state index in [1.807, 2.05) is 42.5 Å². The van der Waals surface area contributed by atoms with Gasteiger partial charge in [-0.15, -0.1) is 11.3 Å². The van der Waals surface area contributed by atoms with E-state index in [2.05, 4.69) is 15.6 Å². The molecule has 0 atom stereocenters. The van der Waals surface area contributed by atoms with Crippen molar-refractivity contribution in [3.05, 3.63) is 99.7 Å². The topological polar surface area (TPSA) is 67.2 Å². The maximum Gasteiger partial charge on any atom is 0.250 e. The first-order valence-corrected chi connectivity index (χ1v) is 13.2. The highest BCUT2D eigenvalue weighted by atomic mass is 35.5. The molecule has 3 aromatic carbocycles. The summed E-state index contributed by atoms with van der Waals surface area (Å²) >= 11 is 25.6. The third kappa shape index (κ3) is 6.04. The van der Waals surface area contributed by atoms with Gasteiger partial charge in [0.1, 0.15) is 16.5 Å². The molecule has 2 heterocycles. The summed E-state index contributed by atoms with van der Waals surface area (Å²) in [6.45, 7) is 0. The second-order valence-corrected chi connectivity index (χ2v) is 10.5. The van der Waals surface area contributed by atoms with Gasteiger partial charge in [0.25, 0.3) is 0 Å². The normalized spacial score (nSPS) is 11.2. The molecule has 0 radical (unpaired) electrons. The number of thiazole rings is 1. The molecule has 0 aliphatic heterocycles. The van der Waals surface area contributed by atoms with Crippen LogP contribution in [0.1, 0.15) is 5.76 Å². The summed E-state index contributed by atoms with van der Waals surface area (Å²) in [5, 5.41) is 7.85. The van der Waals surface area contributed by atoms with Gasteiger partial charge < -0.3 is 9.73 Å². The lowest BCUT2D eigenvalue weighted by molar-refractivity contribution is -0.115. The minimum absolute atomic E-state index is 0.0791. The average molecular weight is 585 g/mol. The van der Waals surface area contributed by atoms with Gasteiger partial charge in [0.2, 0.25) is 5.91 Å². The van der Waals surface area contributed by atoms with Gasteiger partial charge in [-0.2, -0.15) is 0 Å². The summed E-state index contributed by atoms with van der Waals surface area (Å²) in [4.78, 5) is 17.1. The molecule has 0 fully saturated rings. The Morgan fingerprint density at radius 2 is 1.76 bits per heavy atom. The Morgan fingerprint density at radius 3 is 2.54 bits per heavy atom. The number of rotatable bonds is 5. The van der Waals surface area contributed by atoms with E-state index in [-0.39, 0.29) is 5.11 Å². The fourth-order valence-corrected chi connectivity index (χ4v) is 5.38. The van der Waals surface area contributed by atoms with Crippen molar-refractivity contribution in [3.8, 4) is 21.9 Å². The van der Waals surface area contributed by atoms with Crippen molar-refractivity contribution >= 4 is 91.4 Å². The molecule has 0 saturated carbocycles. The number of benzene rings is 3. The van der Waals surface area contributed by atoms with Crippen LogP contribution in [0.25, 0.3) is 38.2 Å². The van der Waals surface area contributed by atoms with Crippen LogP contribution < -0.4 is 10.6 Å². The molecule has 0 aliphatic carbocycles. The number of para-hydroxylation sites is 1. The predicted octanol–water partition coefficient (Wildman–Crippen LogP) is 8.71. The van der Waals surface area contributed by atoms with Crippen LogP contribution in [0.15, 0.2) is 83.3 Å². The van der Waals surface area contributed by atoms with Gasteiger partial charge in [0.05, 0.1) is 25.9 Å². The van der Waals surface area contributed by atoms with Crippen LogP contribution in [0.5, 0.6) is 0 Å². The van der Waals surface area contributed by atoms with Crippen molar-refractivity contribution in [2.75, 3.05) is 5.32 Å². The van der Waals surface area contributed by atoms with Crippen molar-refractivity contribution in [2.24, 2.45) is 0 Å². The number of carbonyl (C=O) groups excluding carboxylic acids is 1. The number of thiocarbonyl (C=S) groups is 1. The second kappa shape index (κ2) is 11.0. The van der Waals surface area contributed by atoms with E-state index >= 15 is 0 Å². The Kier molecular flexibility index (Phi) is 7.60. The van der Waals surface area contributed by atoms with Crippen LogP contribution in [0.4, 0.5) is 5.69 Å². The van der Waals surface area contributed by atoms with E-state index in [1.165, 1.54) is 17.4 Å². The van der Waals surface area contributed by atoms with E-state index in [4.69, 9.17) is 51.4 Å². The highest BCUT2D eigenvalue weighted by Crippen LogP contribution is 2.39. The maximum atomic E-state index is 12.4. The van der Waals surface area contributed by atoms with Gasteiger partial charge in [-0.05, 0) is 79.0 Å². The molecule has 0 unspecified atom stereocenters. The number of furan rings is 1. The molecule has 37 heavy (non-hydrogen) atoms. The average Bonchev–Trinajstić information content (AvgIpc) is 3.52. The maximum absolute atomic E-state index is 12.4. The van der Waals surface area contributed by atoms with E-state index < -0.39 is 5.91 Å². The lowest BCUT2D eigenvalue weighted by Gasteiger charge is -2.12. The van der Waals surface area contributed by atoms with E-state index in [0.717, 1.165) is 20.8 Å². The standard InChI is InChI=1S/C27H16Cl3N3O2S2/c28-16-7-5-15(6-8-16)23-11-9-17(35-23)10-12-25(34)33-27(36)32-22-13-18(19(29)14-20(22)30)26-31-21-3-1-2-4-24(21)37-26/h1-14H,(H2,32,33,34,36). The zero-order chi connectivity index (χ0) is 25.9. The molecule has 2 aromatic heterocycles. The Labute approximate surface area is 236 Å². The molecule has 0 bridgehead atoms. The van der Waals surface area contributed by atoms with Crippen LogP contribution in [0.2, 0.25) is 15.1 Å². The number of halogens is 3. The number of nitrogens with one attached hydrogen (secondary N) is 2. The number of hydrogen-bond acceptors (Lipinski definition) is 5. The molecule has 5 aromatic rings. The van der Waals surface area contributed by atoms with Gasteiger partial charge in [0, 0.05) is 22.2 Å². The number of anilines is 1. The molecule has 5 nitrogen and oxygen atoms in total. The molecule has 1 amide bonds. The molecule has 5 rings (SSSR count). The van der Waals surface area contributed by atoms with E-state index in [9.17, 15) is 4.79 Å². The van der Waals surface area contributed by atoms with Gasteiger partial charge in [-0.1, -0.05) is 46.9 Å². The first kappa shape index (κ1) is 25.4. The minimum Gasteiger partial charge on any atom is -0.457 e. The van der Waals surface area contributed by atoms with E-state index in [1.54, 1.807) is 36.4 Å². The quantitative estimate of drug-likeness (QED) is 0.160. The van der Waals surface area contributed by atoms with Crippen LogP contribution in [-0.2, 0) is 4.79 Å². The molecule has 0 aliphatic rings. The lowest BCUT2D eigenvalue weighted by atomic mass is 10.2. The fraction of sp³-hybridized carbons (Fsp3) is 0. The van der Waals surface area contributed by atoms with Crippen molar-refractivity contribution in [3.63, 3.8) is 0 Å². The number of amides is 1. The Balaban J connectivity index is 1.25. The zero-order valence-electron chi connectivity index (χ0n) is 18.8. The van der Waals surface area contributed by atoms with Crippen molar-refractivity contribution in [2.45, 2.75) is 0 Å². The summed E-state index contributed by atoms with van der Waals surface area (Å²) in [7, 11) is 0. The highest BCUT2D eigenvalue weighted by Gasteiger charge is 2.14. The molecule has 2 N–H and O–H groups in total. The van der Waals surface area contributed by atoms with Crippen molar-refractivity contribution in [1.29, 1.82) is 0 Å². The molecule has 10 heteroatoms. The lowest BCUT2D eigenvalue weighted by Crippen LogP contribution is -2.32. The van der Waals surface area contributed by atoms with Crippen LogP contribution in [0, 0.1) is 0 Å². The third-order valence-electron chi connectivity index (χ3n) is 5.22. The zero-order valence-corrected chi connectivity index (χ0v) is 22.7. The summed E-state index contributed by atoms with van der Waals surface area (Å²) in [6, 6.07) is 22.1. The number of carbonyl (C=O) groups is 1. The fourth-order valence-electron chi connectivity index (χ4n) is 3.47. The molecular formula is C27H16Cl3N3O2S2. The monoisotopic (exact) mass is 583 g/mol. The molecule has 0 spiro atoms.